The number of hydrogen-bond donors (Lipinski definition) is 1. The molecular weight excluding hydrogens is 258 g/mol. The van der Waals surface area contributed by atoms with Crippen molar-refractivity contribution in [2.75, 3.05) is 6.54 Å². The van der Waals surface area contributed by atoms with Crippen molar-refractivity contribution in [3.8, 4) is 0 Å². The summed E-state index contributed by atoms with van der Waals surface area (Å²) in [6.45, 7) is 1.13. The lowest BCUT2D eigenvalue weighted by atomic mass is 10.1. The first kappa shape index (κ1) is 14.3. The average Bonchev–Trinajstić information content (AvgIpc) is 3.13. The molecule has 1 saturated carbocycles. The minimum absolute atomic E-state index is 0.341. The zero-order valence-electron chi connectivity index (χ0n) is 10.6. The molecule has 1 aliphatic carbocycles. The van der Waals surface area contributed by atoms with Crippen LogP contribution in [0.15, 0.2) is 18.2 Å². The van der Waals surface area contributed by atoms with Gasteiger partial charge in [0.15, 0.2) is 0 Å². The molecule has 0 spiro atoms. The van der Waals surface area contributed by atoms with Crippen LogP contribution in [-0.2, 0) is 12.7 Å². The Morgan fingerprint density at radius 2 is 1.95 bits per heavy atom. The number of alkyl halides is 3. The lowest BCUT2D eigenvalue weighted by Crippen LogP contribution is -2.16. The lowest BCUT2D eigenvalue weighted by molar-refractivity contribution is -0.140. The third-order valence-electron chi connectivity index (χ3n) is 3.33. The Morgan fingerprint density at radius 1 is 1.21 bits per heavy atom. The molecule has 0 saturated heterocycles. The van der Waals surface area contributed by atoms with E-state index in [-0.39, 0.29) is 0 Å². The molecule has 0 aromatic heterocycles. The minimum Gasteiger partial charge on any atom is -0.313 e. The molecule has 1 aromatic rings. The van der Waals surface area contributed by atoms with Crippen LogP contribution in [0.2, 0.25) is 0 Å². The van der Waals surface area contributed by atoms with E-state index in [9.17, 15) is 17.6 Å². The first-order valence-corrected chi connectivity index (χ1v) is 6.53. The van der Waals surface area contributed by atoms with Gasteiger partial charge < -0.3 is 5.32 Å². The van der Waals surface area contributed by atoms with Crippen molar-refractivity contribution < 1.29 is 17.6 Å². The van der Waals surface area contributed by atoms with Crippen LogP contribution in [0.5, 0.6) is 0 Å². The largest absolute Gasteiger partial charge is 0.419 e. The maximum absolute atomic E-state index is 13.1. The molecule has 19 heavy (non-hydrogen) atoms. The Balaban J connectivity index is 1.82. The topological polar surface area (TPSA) is 12.0 Å². The molecule has 1 aliphatic rings. The molecular formula is C14H17F4N. The molecule has 0 bridgehead atoms. The standard InChI is InChI=1S/C14H17F4N/c15-13-6-5-11(8-12(13)14(16,17)18)9-19-7-1-2-10-3-4-10/h5-6,8,10,19H,1-4,7,9H2. The van der Waals surface area contributed by atoms with Gasteiger partial charge in [-0.3, -0.25) is 0 Å². The summed E-state index contributed by atoms with van der Waals surface area (Å²) in [4.78, 5) is 0. The molecule has 0 atom stereocenters. The molecule has 106 valence electrons. The van der Waals surface area contributed by atoms with Crippen molar-refractivity contribution in [1.82, 2.24) is 5.32 Å². The summed E-state index contributed by atoms with van der Waals surface area (Å²) in [5, 5.41) is 3.09. The van der Waals surface area contributed by atoms with Gasteiger partial charge in [-0.25, -0.2) is 4.39 Å². The molecule has 0 unspecified atom stereocenters. The van der Waals surface area contributed by atoms with Gasteiger partial charge in [0.1, 0.15) is 5.82 Å². The van der Waals surface area contributed by atoms with E-state index in [0.717, 1.165) is 31.0 Å². The smallest absolute Gasteiger partial charge is 0.313 e. The lowest BCUT2D eigenvalue weighted by Gasteiger charge is -2.10. The van der Waals surface area contributed by atoms with Gasteiger partial charge in [-0.15, -0.1) is 0 Å². The molecule has 2 rings (SSSR count). The van der Waals surface area contributed by atoms with Gasteiger partial charge in [-0.1, -0.05) is 18.9 Å². The molecule has 0 radical (unpaired) electrons. The third-order valence-corrected chi connectivity index (χ3v) is 3.33. The Morgan fingerprint density at radius 3 is 2.58 bits per heavy atom. The first-order valence-electron chi connectivity index (χ1n) is 6.53. The Hall–Kier alpha value is -1.10. The summed E-state index contributed by atoms with van der Waals surface area (Å²) in [6, 6.07) is 3.14. The molecule has 1 nitrogen and oxygen atoms in total. The van der Waals surface area contributed by atoms with Crippen molar-refractivity contribution in [3.05, 3.63) is 35.1 Å². The van der Waals surface area contributed by atoms with E-state index < -0.39 is 17.6 Å². The highest BCUT2D eigenvalue weighted by Gasteiger charge is 2.34. The van der Waals surface area contributed by atoms with Gasteiger partial charge in [0.05, 0.1) is 5.56 Å². The number of benzene rings is 1. The second-order valence-electron chi connectivity index (χ2n) is 5.07. The zero-order valence-corrected chi connectivity index (χ0v) is 10.6. The molecule has 1 N–H and O–H groups in total. The predicted molar refractivity (Wildman–Crippen MR) is 65.1 cm³/mol. The summed E-state index contributed by atoms with van der Waals surface area (Å²) in [5.41, 5.74) is -0.732. The number of halogens is 4. The normalized spacial score (nSPS) is 15.8. The Kier molecular flexibility index (Phi) is 4.45. The molecule has 0 heterocycles. The summed E-state index contributed by atoms with van der Waals surface area (Å²) in [6.07, 6.45) is 0.216. The van der Waals surface area contributed by atoms with E-state index in [0.29, 0.717) is 12.1 Å². The van der Waals surface area contributed by atoms with Crippen LogP contribution in [0.3, 0.4) is 0 Å². The van der Waals surface area contributed by atoms with Gasteiger partial charge in [-0.2, -0.15) is 13.2 Å². The maximum Gasteiger partial charge on any atom is 0.419 e. The maximum atomic E-state index is 13.1. The Bertz CT molecular complexity index is 424. The van der Waals surface area contributed by atoms with Crippen molar-refractivity contribution in [2.45, 2.75) is 38.4 Å². The van der Waals surface area contributed by atoms with E-state index >= 15 is 0 Å². The van der Waals surface area contributed by atoms with Gasteiger partial charge in [-0.05, 0) is 43.0 Å². The van der Waals surface area contributed by atoms with Crippen LogP contribution in [-0.4, -0.2) is 6.54 Å². The fraction of sp³-hybridized carbons (Fsp3) is 0.571. The quantitative estimate of drug-likeness (QED) is 0.608. The highest BCUT2D eigenvalue weighted by atomic mass is 19.4. The molecule has 1 fully saturated rings. The monoisotopic (exact) mass is 275 g/mol. The summed E-state index contributed by atoms with van der Waals surface area (Å²) >= 11 is 0. The average molecular weight is 275 g/mol. The van der Waals surface area contributed by atoms with E-state index in [1.54, 1.807) is 0 Å². The van der Waals surface area contributed by atoms with E-state index in [4.69, 9.17) is 0 Å². The van der Waals surface area contributed by atoms with Crippen LogP contribution < -0.4 is 5.32 Å². The predicted octanol–water partition coefficient (Wildman–Crippen LogP) is 4.12. The van der Waals surface area contributed by atoms with Gasteiger partial charge in [0.25, 0.3) is 0 Å². The molecule has 5 heteroatoms. The van der Waals surface area contributed by atoms with E-state index in [2.05, 4.69) is 5.32 Å². The third kappa shape index (κ3) is 4.49. The fourth-order valence-corrected chi connectivity index (χ4v) is 2.05. The van der Waals surface area contributed by atoms with Gasteiger partial charge >= 0.3 is 6.18 Å². The molecule has 0 amide bonds. The molecule has 1 aromatic carbocycles. The van der Waals surface area contributed by atoms with Gasteiger partial charge in [0, 0.05) is 6.54 Å². The van der Waals surface area contributed by atoms with Gasteiger partial charge in [0.2, 0.25) is 0 Å². The SMILES string of the molecule is Fc1ccc(CNCCCC2CC2)cc1C(F)(F)F. The van der Waals surface area contributed by atoms with Crippen LogP contribution in [0.4, 0.5) is 17.6 Å². The highest BCUT2D eigenvalue weighted by molar-refractivity contribution is 5.27. The van der Waals surface area contributed by atoms with Crippen molar-refractivity contribution in [2.24, 2.45) is 5.92 Å². The number of rotatable bonds is 6. The zero-order chi connectivity index (χ0) is 13.9. The van der Waals surface area contributed by atoms with Crippen molar-refractivity contribution in [1.29, 1.82) is 0 Å². The number of nitrogens with one attached hydrogen (secondary N) is 1. The summed E-state index contributed by atoms with van der Waals surface area (Å²) < 4.78 is 50.6. The highest BCUT2D eigenvalue weighted by Crippen LogP contribution is 2.33. The van der Waals surface area contributed by atoms with Crippen molar-refractivity contribution in [3.63, 3.8) is 0 Å². The van der Waals surface area contributed by atoms with E-state index in [1.165, 1.54) is 25.3 Å². The van der Waals surface area contributed by atoms with E-state index in [1.807, 2.05) is 0 Å². The van der Waals surface area contributed by atoms with Crippen LogP contribution in [0.25, 0.3) is 0 Å². The van der Waals surface area contributed by atoms with Crippen molar-refractivity contribution >= 4 is 0 Å². The molecule has 0 aliphatic heterocycles. The summed E-state index contributed by atoms with van der Waals surface area (Å²) in [5.74, 6) is -0.352. The summed E-state index contributed by atoms with van der Waals surface area (Å²) in [7, 11) is 0. The van der Waals surface area contributed by atoms with Crippen LogP contribution >= 0.6 is 0 Å². The number of hydrogen-bond acceptors (Lipinski definition) is 1. The Labute approximate surface area is 110 Å². The second-order valence-corrected chi connectivity index (χ2v) is 5.07. The second kappa shape index (κ2) is 5.90. The van der Waals surface area contributed by atoms with Crippen LogP contribution in [0, 0.1) is 11.7 Å². The first-order chi connectivity index (χ1) is 8.97. The fourth-order valence-electron chi connectivity index (χ4n) is 2.05. The minimum atomic E-state index is -4.63. The van der Waals surface area contributed by atoms with Crippen LogP contribution in [0.1, 0.15) is 36.8 Å².